The van der Waals surface area contributed by atoms with Crippen LogP contribution in [0.1, 0.15) is 25.3 Å². The van der Waals surface area contributed by atoms with Gasteiger partial charge >= 0.3 is 0 Å². The Labute approximate surface area is 168 Å². The number of ether oxygens (including phenoxy) is 2. The van der Waals surface area contributed by atoms with Crippen molar-refractivity contribution in [3.63, 3.8) is 0 Å². The molecule has 1 unspecified atom stereocenters. The van der Waals surface area contributed by atoms with Crippen molar-refractivity contribution < 1.29 is 9.47 Å². The van der Waals surface area contributed by atoms with E-state index in [1.165, 1.54) is 5.56 Å². The second kappa shape index (κ2) is 11.0. The fraction of sp³-hybridized carbons (Fsp3) is 0.280. The van der Waals surface area contributed by atoms with E-state index in [0.717, 1.165) is 49.6 Å². The zero-order chi connectivity index (χ0) is 19.4. The first-order valence-corrected chi connectivity index (χ1v) is 10.1. The number of aryl methyl sites for hydroxylation is 1. The first-order chi connectivity index (χ1) is 13.8. The highest BCUT2D eigenvalue weighted by atomic mass is 16.5. The Kier molecular flexibility index (Phi) is 7.80. The van der Waals surface area contributed by atoms with Crippen molar-refractivity contribution in [2.75, 3.05) is 18.5 Å². The maximum Gasteiger partial charge on any atom is 0.119 e. The second-order valence-electron chi connectivity index (χ2n) is 6.80. The van der Waals surface area contributed by atoms with Crippen molar-refractivity contribution in [3.8, 4) is 11.5 Å². The molecule has 0 aliphatic rings. The van der Waals surface area contributed by atoms with Crippen LogP contribution in [0.3, 0.4) is 0 Å². The molecule has 0 aliphatic carbocycles. The lowest BCUT2D eigenvalue weighted by Crippen LogP contribution is -2.25. The maximum absolute atomic E-state index is 6.02. The molecule has 146 valence electrons. The molecule has 0 bridgehead atoms. The molecular formula is C25H29NO2. The lowest BCUT2D eigenvalue weighted by molar-refractivity contribution is 0.210. The van der Waals surface area contributed by atoms with Crippen molar-refractivity contribution in [1.29, 1.82) is 0 Å². The van der Waals surface area contributed by atoms with Crippen LogP contribution >= 0.6 is 0 Å². The third-order valence-corrected chi connectivity index (χ3v) is 4.61. The summed E-state index contributed by atoms with van der Waals surface area (Å²) in [5.41, 5.74) is 2.43. The van der Waals surface area contributed by atoms with E-state index in [1.54, 1.807) is 0 Å². The Bertz CT molecular complexity index is 788. The van der Waals surface area contributed by atoms with Crippen LogP contribution in [0.15, 0.2) is 84.9 Å². The fourth-order valence-corrected chi connectivity index (χ4v) is 2.97. The number of nitrogens with one attached hydrogen (secondary N) is 1. The fourth-order valence-electron chi connectivity index (χ4n) is 2.97. The summed E-state index contributed by atoms with van der Waals surface area (Å²) < 4.78 is 11.9. The Morgan fingerprint density at radius 2 is 1.46 bits per heavy atom. The lowest BCUT2D eigenvalue weighted by atomic mass is 10.1. The predicted octanol–water partition coefficient (Wildman–Crippen LogP) is 5.97. The van der Waals surface area contributed by atoms with E-state index in [0.29, 0.717) is 0 Å². The minimum Gasteiger partial charge on any atom is -0.494 e. The average Bonchev–Trinajstić information content (AvgIpc) is 2.76. The third-order valence-electron chi connectivity index (χ3n) is 4.61. The van der Waals surface area contributed by atoms with Crippen molar-refractivity contribution >= 4 is 5.69 Å². The molecule has 3 rings (SSSR count). The van der Waals surface area contributed by atoms with Crippen LogP contribution in [0.25, 0.3) is 0 Å². The number of para-hydroxylation sites is 1. The van der Waals surface area contributed by atoms with Gasteiger partial charge < -0.3 is 14.8 Å². The highest BCUT2D eigenvalue weighted by Gasteiger charge is 2.08. The quantitative estimate of drug-likeness (QED) is 0.419. The van der Waals surface area contributed by atoms with Gasteiger partial charge in [0, 0.05) is 5.69 Å². The van der Waals surface area contributed by atoms with Crippen molar-refractivity contribution in [2.45, 2.75) is 32.3 Å². The molecule has 3 heteroatoms. The topological polar surface area (TPSA) is 30.5 Å². The van der Waals surface area contributed by atoms with Gasteiger partial charge in [-0.05, 0) is 61.2 Å². The number of anilines is 1. The zero-order valence-corrected chi connectivity index (χ0v) is 16.5. The summed E-state index contributed by atoms with van der Waals surface area (Å²) in [6.07, 6.45) is 3.14. The van der Waals surface area contributed by atoms with Crippen LogP contribution in [0.5, 0.6) is 11.5 Å². The van der Waals surface area contributed by atoms with Gasteiger partial charge in [-0.1, -0.05) is 55.5 Å². The molecule has 1 N–H and O–H groups in total. The monoisotopic (exact) mass is 375 g/mol. The molecule has 0 aliphatic heterocycles. The van der Waals surface area contributed by atoms with E-state index in [1.807, 2.05) is 48.5 Å². The van der Waals surface area contributed by atoms with Gasteiger partial charge in [-0.2, -0.15) is 0 Å². The number of hydrogen-bond acceptors (Lipinski definition) is 3. The molecule has 0 heterocycles. The van der Waals surface area contributed by atoms with Gasteiger partial charge in [0.2, 0.25) is 0 Å². The van der Waals surface area contributed by atoms with Gasteiger partial charge in [0.15, 0.2) is 0 Å². The van der Waals surface area contributed by atoms with Crippen LogP contribution in [-0.4, -0.2) is 19.3 Å². The van der Waals surface area contributed by atoms with Gasteiger partial charge in [0.05, 0.1) is 13.2 Å². The summed E-state index contributed by atoms with van der Waals surface area (Å²) in [6, 6.07) is 28.6. The molecule has 0 amide bonds. The second-order valence-corrected chi connectivity index (χ2v) is 6.80. The predicted molar refractivity (Wildman–Crippen MR) is 116 cm³/mol. The van der Waals surface area contributed by atoms with Crippen molar-refractivity contribution in [3.05, 3.63) is 90.5 Å². The van der Waals surface area contributed by atoms with Gasteiger partial charge in [-0.25, -0.2) is 0 Å². The summed E-state index contributed by atoms with van der Waals surface area (Å²) in [6.45, 7) is 3.63. The summed E-state index contributed by atoms with van der Waals surface area (Å²) in [7, 11) is 0. The minimum atomic E-state index is 0.135. The molecule has 0 fully saturated rings. The van der Waals surface area contributed by atoms with Crippen molar-refractivity contribution in [1.82, 2.24) is 0 Å². The molecule has 1 atom stereocenters. The Morgan fingerprint density at radius 3 is 2.14 bits per heavy atom. The van der Waals surface area contributed by atoms with Gasteiger partial charge in [-0.15, -0.1) is 0 Å². The lowest BCUT2D eigenvalue weighted by Gasteiger charge is -2.19. The molecule has 0 aromatic heterocycles. The number of hydrogen-bond donors (Lipinski definition) is 1. The highest BCUT2D eigenvalue weighted by molar-refractivity contribution is 5.46. The zero-order valence-electron chi connectivity index (χ0n) is 16.5. The standard InChI is InChI=1S/C25H29NO2/c1-2-23(28-25-13-7-4-8-14-25)20-26-22-15-17-24(18-16-22)27-19-9-12-21-10-5-3-6-11-21/h3-8,10-11,13-18,23,26H,2,9,12,19-20H2,1H3. The first-order valence-electron chi connectivity index (χ1n) is 10.1. The molecule has 0 saturated carbocycles. The molecule has 28 heavy (non-hydrogen) atoms. The number of benzene rings is 3. The molecule has 3 aromatic carbocycles. The first kappa shape index (κ1) is 19.8. The van der Waals surface area contributed by atoms with Gasteiger partial charge in [0.1, 0.15) is 17.6 Å². The van der Waals surface area contributed by atoms with Crippen LogP contribution in [0, 0.1) is 0 Å². The van der Waals surface area contributed by atoms with Crippen LogP contribution in [0.2, 0.25) is 0 Å². The van der Waals surface area contributed by atoms with Crippen LogP contribution in [0.4, 0.5) is 5.69 Å². The van der Waals surface area contributed by atoms with Gasteiger partial charge in [-0.3, -0.25) is 0 Å². The highest BCUT2D eigenvalue weighted by Crippen LogP contribution is 2.17. The van der Waals surface area contributed by atoms with Crippen molar-refractivity contribution in [2.24, 2.45) is 0 Å². The molecule has 0 saturated heterocycles. The summed E-state index contributed by atoms with van der Waals surface area (Å²) in [5, 5.41) is 3.45. The largest absolute Gasteiger partial charge is 0.494 e. The molecular weight excluding hydrogens is 346 g/mol. The molecule has 3 nitrogen and oxygen atoms in total. The minimum absolute atomic E-state index is 0.135. The van der Waals surface area contributed by atoms with E-state index in [2.05, 4.69) is 48.6 Å². The molecule has 0 spiro atoms. The molecule has 3 aromatic rings. The summed E-state index contributed by atoms with van der Waals surface area (Å²) >= 11 is 0. The maximum atomic E-state index is 6.02. The summed E-state index contributed by atoms with van der Waals surface area (Å²) in [4.78, 5) is 0. The van der Waals surface area contributed by atoms with E-state index in [4.69, 9.17) is 9.47 Å². The van der Waals surface area contributed by atoms with E-state index < -0.39 is 0 Å². The Morgan fingerprint density at radius 1 is 0.786 bits per heavy atom. The third kappa shape index (κ3) is 6.66. The Hall–Kier alpha value is -2.94. The normalized spacial score (nSPS) is 11.6. The van der Waals surface area contributed by atoms with Crippen LogP contribution in [-0.2, 0) is 6.42 Å². The van der Waals surface area contributed by atoms with E-state index >= 15 is 0 Å². The molecule has 0 radical (unpaired) electrons. The number of rotatable bonds is 11. The van der Waals surface area contributed by atoms with E-state index in [-0.39, 0.29) is 6.10 Å². The van der Waals surface area contributed by atoms with Crippen LogP contribution < -0.4 is 14.8 Å². The van der Waals surface area contributed by atoms with E-state index in [9.17, 15) is 0 Å². The average molecular weight is 376 g/mol. The smallest absolute Gasteiger partial charge is 0.119 e. The SMILES string of the molecule is CCC(CNc1ccc(OCCCc2ccccc2)cc1)Oc1ccccc1. The summed E-state index contributed by atoms with van der Waals surface area (Å²) in [5.74, 6) is 1.82. The Balaban J connectivity index is 1.38. The van der Waals surface area contributed by atoms with Gasteiger partial charge in [0.25, 0.3) is 0 Å².